The van der Waals surface area contributed by atoms with E-state index >= 15 is 0 Å². The lowest BCUT2D eigenvalue weighted by Gasteiger charge is -2.30. The van der Waals surface area contributed by atoms with Gasteiger partial charge in [-0.1, -0.05) is 38.7 Å². The molecule has 2 rings (SSSR count). The van der Waals surface area contributed by atoms with E-state index in [1.54, 1.807) is 6.08 Å². The molecule has 4 nitrogen and oxygen atoms in total. The number of hydrogen-bond donors (Lipinski definition) is 2. The third kappa shape index (κ3) is 11.3. The maximum Gasteiger partial charge on any atom is 0.160 e. The number of hydrogen-bond acceptors (Lipinski definition) is 4. The zero-order valence-corrected chi connectivity index (χ0v) is 17.1. The zero-order chi connectivity index (χ0) is 20.5. The molecule has 2 N–H and O–H groups in total. The highest BCUT2D eigenvalue weighted by molar-refractivity contribution is 6.11. The molecule has 5 heteroatoms. The lowest BCUT2D eigenvalue weighted by Crippen LogP contribution is -2.34. The van der Waals surface area contributed by atoms with Gasteiger partial charge < -0.3 is 15.6 Å². The second-order valence-corrected chi connectivity index (χ2v) is 6.26. The predicted octanol–water partition coefficient (Wildman–Crippen LogP) is 4.81. The molecule has 0 bridgehead atoms. The van der Waals surface area contributed by atoms with Crippen LogP contribution in [0.3, 0.4) is 0 Å². The minimum Gasteiger partial charge on any atom is -0.392 e. The highest BCUT2D eigenvalue weighted by Crippen LogP contribution is 2.24. The highest BCUT2D eigenvalue weighted by atomic mass is 19.1. The fourth-order valence-electron chi connectivity index (χ4n) is 2.85. The fourth-order valence-corrected chi connectivity index (χ4v) is 2.85. The van der Waals surface area contributed by atoms with E-state index < -0.39 is 0 Å². The molecule has 1 saturated heterocycles. The Balaban J connectivity index is 0.000000998. The zero-order valence-electron chi connectivity index (χ0n) is 17.1. The van der Waals surface area contributed by atoms with E-state index in [4.69, 9.17) is 10.2 Å². The quantitative estimate of drug-likeness (QED) is 0.494. The number of nitrogens with zero attached hydrogens (tertiary/aromatic N) is 1. The summed E-state index contributed by atoms with van der Waals surface area (Å²) in [5.74, 6) is 0.542. The van der Waals surface area contributed by atoms with Gasteiger partial charge in [0.05, 0.1) is 6.21 Å². The van der Waals surface area contributed by atoms with Gasteiger partial charge in [-0.15, -0.1) is 0 Å². The smallest absolute Gasteiger partial charge is 0.160 e. The number of halogens is 1. The van der Waals surface area contributed by atoms with E-state index in [9.17, 15) is 4.39 Å². The lowest BCUT2D eigenvalue weighted by atomic mass is 9.94. The lowest BCUT2D eigenvalue weighted by molar-refractivity contribution is -0.102. The van der Waals surface area contributed by atoms with Crippen molar-refractivity contribution in [2.24, 2.45) is 5.92 Å². The first-order valence-electron chi connectivity index (χ1n) is 9.86. The van der Waals surface area contributed by atoms with Crippen molar-refractivity contribution >= 4 is 12.5 Å². The third-order valence-corrected chi connectivity index (χ3v) is 4.50. The van der Waals surface area contributed by atoms with Crippen LogP contribution in [-0.4, -0.2) is 44.1 Å². The van der Waals surface area contributed by atoms with Crippen molar-refractivity contribution < 1.29 is 9.18 Å². The van der Waals surface area contributed by atoms with Crippen LogP contribution in [0.4, 0.5) is 4.39 Å². The van der Waals surface area contributed by atoms with Gasteiger partial charge in [-0.25, -0.2) is 4.39 Å². The van der Waals surface area contributed by atoms with Crippen LogP contribution in [0.2, 0.25) is 0 Å². The minimum atomic E-state index is -0.0551. The fraction of sp³-hybridized carbons (Fsp3) is 0.545. The summed E-state index contributed by atoms with van der Waals surface area (Å²) in [6.45, 7) is 11.3. The number of piperidine rings is 1. The first-order valence-corrected chi connectivity index (χ1v) is 9.86. The second-order valence-electron chi connectivity index (χ2n) is 6.26. The Morgan fingerprint density at radius 2 is 2.04 bits per heavy atom. The molecule has 0 spiro atoms. The van der Waals surface area contributed by atoms with Crippen LogP contribution in [0.5, 0.6) is 0 Å². The number of likely N-dealkylation sites (tertiary alicyclic amines) is 1. The normalized spacial score (nSPS) is 17.5. The molecular weight excluding hydrogens is 341 g/mol. The van der Waals surface area contributed by atoms with Gasteiger partial charge >= 0.3 is 0 Å². The van der Waals surface area contributed by atoms with Gasteiger partial charge in [0.2, 0.25) is 0 Å². The van der Waals surface area contributed by atoms with E-state index in [2.05, 4.69) is 22.9 Å². The van der Waals surface area contributed by atoms with Gasteiger partial charge in [0, 0.05) is 19.3 Å². The van der Waals surface area contributed by atoms with Gasteiger partial charge in [-0.2, -0.15) is 0 Å². The number of carbonyl (C=O) groups excluding carboxylic acids is 1. The van der Waals surface area contributed by atoms with E-state index in [1.165, 1.54) is 12.8 Å². The summed E-state index contributed by atoms with van der Waals surface area (Å²) in [6, 6.07) is 0. The molecule has 2 aliphatic rings. The van der Waals surface area contributed by atoms with Crippen LogP contribution in [0.15, 0.2) is 48.0 Å². The Morgan fingerprint density at radius 1 is 1.41 bits per heavy atom. The number of allylic oxidation sites excluding steroid dienone is 6. The van der Waals surface area contributed by atoms with Crippen LogP contribution < -0.4 is 5.32 Å². The average Bonchev–Trinajstić information content (AvgIpc) is 2.73. The van der Waals surface area contributed by atoms with E-state index in [0.717, 1.165) is 50.2 Å². The summed E-state index contributed by atoms with van der Waals surface area (Å²) < 4.78 is 13.6. The van der Waals surface area contributed by atoms with Crippen molar-refractivity contribution in [2.75, 3.05) is 26.7 Å². The molecule has 0 amide bonds. The number of rotatable bonds is 7. The molecular formula is C22H36FN3O. The maximum absolute atomic E-state index is 13.6. The van der Waals surface area contributed by atoms with Crippen molar-refractivity contribution in [3.8, 4) is 0 Å². The second kappa shape index (κ2) is 16.2. The largest absolute Gasteiger partial charge is 0.392 e. The molecule has 27 heavy (non-hydrogen) atoms. The third-order valence-electron chi connectivity index (χ3n) is 4.50. The molecule has 0 saturated carbocycles. The van der Waals surface area contributed by atoms with Crippen molar-refractivity contribution in [2.45, 2.75) is 46.0 Å². The van der Waals surface area contributed by atoms with E-state index in [1.807, 2.05) is 33.0 Å². The molecule has 1 aliphatic carbocycles. The SMILES string of the molecule is C=C(CCN1CCC(/C=C/C2=C(F)C=CCC2)CC1)NC.CC.N=CC=O. The molecule has 0 aromatic rings. The number of carbonyl (C=O) groups is 1. The predicted molar refractivity (Wildman–Crippen MR) is 114 cm³/mol. The van der Waals surface area contributed by atoms with Crippen molar-refractivity contribution in [1.82, 2.24) is 10.2 Å². The summed E-state index contributed by atoms with van der Waals surface area (Å²) in [4.78, 5) is 11.4. The molecule has 0 aromatic heterocycles. The molecule has 0 atom stereocenters. The van der Waals surface area contributed by atoms with Gasteiger partial charge in [-0.05, 0) is 62.8 Å². The van der Waals surface area contributed by atoms with Crippen LogP contribution >= 0.6 is 0 Å². The van der Waals surface area contributed by atoms with Gasteiger partial charge in [0.25, 0.3) is 0 Å². The van der Waals surface area contributed by atoms with Crippen molar-refractivity contribution in [1.29, 1.82) is 5.41 Å². The molecule has 0 radical (unpaired) electrons. The van der Waals surface area contributed by atoms with Crippen molar-refractivity contribution in [3.63, 3.8) is 0 Å². The Kier molecular flexibility index (Phi) is 15.0. The molecule has 0 aromatic carbocycles. The number of nitrogens with one attached hydrogen (secondary N) is 2. The highest BCUT2D eigenvalue weighted by Gasteiger charge is 2.17. The first-order chi connectivity index (χ1) is 13.1. The van der Waals surface area contributed by atoms with Gasteiger partial charge in [0.1, 0.15) is 5.83 Å². The topological polar surface area (TPSA) is 56.2 Å². The average molecular weight is 378 g/mol. The van der Waals surface area contributed by atoms with E-state index in [0.29, 0.717) is 18.4 Å². The van der Waals surface area contributed by atoms with Crippen LogP contribution in [0.25, 0.3) is 0 Å². The molecule has 152 valence electrons. The molecule has 0 unspecified atom stereocenters. The standard InChI is InChI=1S/C18H27FN2.C2H3NO.C2H6/c1-15(20-2)9-12-21-13-10-16(11-14-21)7-8-17-5-3-4-6-18(17)19;3-1-2-4;1-2/h4,6-8,16,20H,1,3,5,9-14H2,2H3;1-3H;1-2H3/b8-7+;;. The summed E-state index contributed by atoms with van der Waals surface area (Å²) >= 11 is 0. The monoisotopic (exact) mass is 377 g/mol. The number of aldehydes is 1. The Bertz CT molecular complexity index is 524. The van der Waals surface area contributed by atoms with Crippen LogP contribution in [0.1, 0.15) is 46.0 Å². The van der Waals surface area contributed by atoms with Gasteiger partial charge in [0.15, 0.2) is 6.29 Å². The van der Waals surface area contributed by atoms with Crippen LogP contribution in [-0.2, 0) is 4.79 Å². The van der Waals surface area contributed by atoms with Crippen molar-refractivity contribution in [3.05, 3.63) is 48.0 Å². The molecule has 1 heterocycles. The minimum absolute atomic E-state index is 0.0551. The Labute approximate surface area is 164 Å². The van der Waals surface area contributed by atoms with Gasteiger partial charge in [-0.3, -0.25) is 4.79 Å². The molecule has 1 aliphatic heterocycles. The van der Waals surface area contributed by atoms with Crippen LogP contribution in [0, 0.1) is 11.3 Å². The summed E-state index contributed by atoms with van der Waals surface area (Å²) in [7, 11) is 1.92. The Morgan fingerprint density at radius 3 is 2.56 bits per heavy atom. The first kappa shape index (κ1) is 25.0. The summed E-state index contributed by atoms with van der Waals surface area (Å²) in [6.07, 6.45) is 14.0. The summed E-state index contributed by atoms with van der Waals surface area (Å²) in [5, 5.41) is 9.05. The summed E-state index contributed by atoms with van der Waals surface area (Å²) in [5.41, 5.74) is 1.97. The van der Waals surface area contributed by atoms with E-state index in [-0.39, 0.29) is 5.83 Å². The maximum atomic E-state index is 13.6. The molecule has 1 fully saturated rings. The Hall–Kier alpha value is -2.01.